The predicted octanol–water partition coefficient (Wildman–Crippen LogP) is 1.76. The van der Waals surface area contributed by atoms with E-state index in [4.69, 9.17) is 5.21 Å². The van der Waals surface area contributed by atoms with E-state index in [-0.39, 0.29) is 0 Å². The van der Waals surface area contributed by atoms with Gasteiger partial charge in [-0.1, -0.05) is 40.0 Å². The maximum atomic E-state index is 8.89. The van der Waals surface area contributed by atoms with Crippen molar-refractivity contribution in [3.8, 4) is 0 Å². The number of hydrogen-bond donors (Lipinski definition) is 1. The molecule has 0 saturated carbocycles. The Kier molecular flexibility index (Phi) is 2.51. The molecule has 0 spiro atoms. The van der Waals surface area contributed by atoms with Crippen molar-refractivity contribution in [1.29, 1.82) is 0 Å². The van der Waals surface area contributed by atoms with Crippen LogP contribution in [0.1, 0.15) is 10.4 Å². The quantitative estimate of drug-likeness (QED) is 0.461. The summed E-state index contributed by atoms with van der Waals surface area (Å²) in [5.74, 6) is 0. The van der Waals surface area contributed by atoms with Gasteiger partial charge in [0, 0.05) is 5.56 Å². The Bertz CT molecular complexity index is 425. The van der Waals surface area contributed by atoms with E-state index in [1.807, 2.05) is 30.3 Å². The van der Waals surface area contributed by atoms with Crippen LogP contribution >= 0.6 is 11.5 Å². The van der Waals surface area contributed by atoms with Crippen molar-refractivity contribution in [2.45, 2.75) is 0 Å². The zero-order valence-electron chi connectivity index (χ0n) is 7.16. The maximum Gasteiger partial charge on any atom is 0.130 e. The summed E-state index contributed by atoms with van der Waals surface area (Å²) in [4.78, 5) is 0.749. The van der Waals surface area contributed by atoms with Crippen LogP contribution in [0.5, 0.6) is 0 Å². The van der Waals surface area contributed by atoms with Gasteiger partial charge in [-0.15, -0.1) is 5.10 Å². The van der Waals surface area contributed by atoms with E-state index in [2.05, 4.69) is 14.7 Å². The van der Waals surface area contributed by atoms with Crippen LogP contribution in [0.15, 0.2) is 41.7 Å². The SMILES string of the molecule is O/N=C(\c1ccccc1)c1cnns1. The van der Waals surface area contributed by atoms with Gasteiger partial charge in [-0.2, -0.15) is 0 Å². The molecule has 0 fully saturated rings. The molecule has 1 aromatic carbocycles. The molecule has 2 rings (SSSR count). The van der Waals surface area contributed by atoms with E-state index < -0.39 is 0 Å². The summed E-state index contributed by atoms with van der Waals surface area (Å²) >= 11 is 1.20. The molecular formula is C9H7N3OS. The van der Waals surface area contributed by atoms with E-state index in [1.54, 1.807) is 6.20 Å². The van der Waals surface area contributed by atoms with E-state index >= 15 is 0 Å². The normalized spacial score (nSPS) is 11.6. The number of nitrogens with zero attached hydrogens (tertiary/aromatic N) is 3. The standard InChI is InChI=1S/C9H7N3OS/c13-11-9(8-6-10-12-14-8)7-4-2-1-3-5-7/h1-6,13H/b11-9+. The summed E-state index contributed by atoms with van der Waals surface area (Å²) in [6, 6.07) is 9.41. The lowest BCUT2D eigenvalue weighted by Gasteiger charge is -1.98. The minimum Gasteiger partial charge on any atom is -0.410 e. The van der Waals surface area contributed by atoms with Crippen LogP contribution in [0.4, 0.5) is 0 Å². The highest BCUT2D eigenvalue weighted by molar-refractivity contribution is 7.08. The van der Waals surface area contributed by atoms with Gasteiger partial charge in [0.1, 0.15) is 5.71 Å². The van der Waals surface area contributed by atoms with Crippen molar-refractivity contribution < 1.29 is 5.21 Å². The van der Waals surface area contributed by atoms with Crippen molar-refractivity contribution in [3.05, 3.63) is 47.0 Å². The number of hydrogen-bond acceptors (Lipinski definition) is 5. The second-order valence-corrected chi connectivity index (χ2v) is 3.38. The van der Waals surface area contributed by atoms with Crippen LogP contribution in [0.2, 0.25) is 0 Å². The summed E-state index contributed by atoms with van der Waals surface area (Å²) in [6.07, 6.45) is 1.58. The number of oxime groups is 1. The van der Waals surface area contributed by atoms with Gasteiger partial charge in [0.05, 0.1) is 11.1 Å². The minimum absolute atomic E-state index is 0.501. The van der Waals surface area contributed by atoms with Crippen molar-refractivity contribution >= 4 is 17.2 Å². The van der Waals surface area contributed by atoms with E-state index in [0.29, 0.717) is 5.71 Å². The molecule has 4 nitrogen and oxygen atoms in total. The lowest BCUT2D eigenvalue weighted by Crippen LogP contribution is -2.00. The molecule has 70 valence electrons. The zero-order chi connectivity index (χ0) is 9.80. The molecule has 0 aliphatic heterocycles. The second-order valence-electron chi connectivity index (χ2n) is 2.60. The maximum absolute atomic E-state index is 8.89. The first-order chi connectivity index (χ1) is 6.92. The molecule has 0 aliphatic rings. The van der Waals surface area contributed by atoms with E-state index in [9.17, 15) is 0 Å². The largest absolute Gasteiger partial charge is 0.410 e. The lowest BCUT2D eigenvalue weighted by atomic mass is 10.1. The molecular weight excluding hydrogens is 198 g/mol. The zero-order valence-corrected chi connectivity index (χ0v) is 7.98. The minimum atomic E-state index is 0.501. The Morgan fingerprint density at radius 2 is 2.07 bits per heavy atom. The highest BCUT2D eigenvalue weighted by Crippen LogP contribution is 2.12. The Balaban J connectivity index is 2.43. The molecule has 14 heavy (non-hydrogen) atoms. The fourth-order valence-electron chi connectivity index (χ4n) is 1.12. The van der Waals surface area contributed by atoms with Crippen molar-refractivity contribution in [1.82, 2.24) is 9.59 Å². The third-order valence-electron chi connectivity index (χ3n) is 1.74. The summed E-state index contributed by atoms with van der Waals surface area (Å²) in [6.45, 7) is 0. The first kappa shape index (κ1) is 8.83. The summed E-state index contributed by atoms with van der Waals surface area (Å²) < 4.78 is 3.72. The summed E-state index contributed by atoms with van der Waals surface area (Å²) in [5, 5.41) is 15.8. The molecule has 0 unspecified atom stereocenters. The number of aromatic nitrogens is 2. The molecule has 1 heterocycles. The third kappa shape index (κ3) is 1.62. The van der Waals surface area contributed by atoms with E-state index in [0.717, 1.165) is 10.4 Å². The summed E-state index contributed by atoms with van der Waals surface area (Å²) in [5.41, 5.74) is 1.35. The highest BCUT2D eigenvalue weighted by atomic mass is 32.1. The summed E-state index contributed by atoms with van der Waals surface area (Å²) in [7, 11) is 0. The number of benzene rings is 1. The van der Waals surface area contributed by atoms with Gasteiger partial charge in [0.15, 0.2) is 0 Å². The monoisotopic (exact) mass is 205 g/mol. The van der Waals surface area contributed by atoms with Gasteiger partial charge in [-0.3, -0.25) is 0 Å². The van der Waals surface area contributed by atoms with Crippen LogP contribution < -0.4 is 0 Å². The van der Waals surface area contributed by atoms with Gasteiger partial charge in [0.2, 0.25) is 0 Å². The molecule has 1 aromatic heterocycles. The molecule has 0 aliphatic carbocycles. The van der Waals surface area contributed by atoms with Gasteiger partial charge < -0.3 is 5.21 Å². The van der Waals surface area contributed by atoms with Gasteiger partial charge in [0.25, 0.3) is 0 Å². The molecule has 0 amide bonds. The topological polar surface area (TPSA) is 58.4 Å². The Hall–Kier alpha value is -1.75. The fourth-order valence-corrected chi connectivity index (χ4v) is 1.64. The van der Waals surface area contributed by atoms with Gasteiger partial charge >= 0.3 is 0 Å². The lowest BCUT2D eigenvalue weighted by molar-refractivity contribution is 0.320. The van der Waals surface area contributed by atoms with Crippen LogP contribution in [0, 0.1) is 0 Å². The van der Waals surface area contributed by atoms with Crippen LogP contribution in [-0.2, 0) is 0 Å². The fraction of sp³-hybridized carbons (Fsp3) is 0. The average molecular weight is 205 g/mol. The third-order valence-corrected chi connectivity index (χ3v) is 2.41. The van der Waals surface area contributed by atoms with Gasteiger partial charge in [-0.25, -0.2) is 0 Å². The Morgan fingerprint density at radius 1 is 1.29 bits per heavy atom. The molecule has 5 heteroatoms. The van der Waals surface area contributed by atoms with E-state index in [1.165, 1.54) is 11.5 Å². The first-order valence-electron chi connectivity index (χ1n) is 3.97. The van der Waals surface area contributed by atoms with Crippen LogP contribution in [-0.4, -0.2) is 20.5 Å². The molecule has 0 bridgehead atoms. The number of rotatable bonds is 2. The van der Waals surface area contributed by atoms with Crippen molar-refractivity contribution in [2.75, 3.05) is 0 Å². The second kappa shape index (κ2) is 3.97. The van der Waals surface area contributed by atoms with Crippen molar-refractivity contribution in [3.63, 3.8) is 0 Å². The van der Waals surface area contributed by atoms with Crippen molar-refractivity contribution in [2.24, 2.45) is 5.16 Å². The Labute approximate surface area is 84.7 Å². The molecule has 0 radical (unpaired) electrons. The highest BCUT2D eigenvalue weighted by Gasteiger charge is 2.09. The Morgan fingerprint density at radius 3 is 2.64 bits per heavy atom. The molecule has 0 atom stereocenters. The first-order valence-corrected chi connectivity index (χ1v) is 4.74. The average Bonchev–Trinajstić information content (AvgIpc) is 2.74. The molecule has 1 N–H and O–H groups in total. The molecule has 0 saturated heterocycles. The predicted molar refractivity (Wildman–Crippen MR) is 53.8 cm³/mol. The molecule has 2 aromatic rings. The van der Waals surface area contributed by atoms with Gasteiger partial charge in [-0.05, 0) is 11.5 Å². The van der Waals surface area contributed by atoms with Crippen LogP contribution in [0.3, 0.4) is 0 Å². The smallest absolute Gasteiger partial charge is 0.130 e. The van der Waals surface area contributed by atoms with Crippen LogP contribution in [0.25, 0.3) is 0 Å².